The summed E-state index contributed by atoms with van der Waals surface area (Å²) < 4.78 is 4.54. The molecule has 0 aromatic carbocycles. The molecule has 0 spiro atoms. The van der Waals surface area contributed by atoms with E-state index in [-0.39, 0.29) is 0 Å². The van der Waals surface area contributed by atoms with Crippen molar-refractivity contribution in [3.8, 4) is 0 Å². The Balaban J connectivity index is 3.38. The second-order valence-corrected chi connectivity index (χ2v) is 2.59. The van der Waals surface area contributed by atoms with Crippen molar-refractivity contribution in [2.45, 2.75) is 38.9 Å². The van der Waals surface area contributed by atoms with E-state index in [1.807, 2.05) is 0 Å². The highest BCUT2D eigenvalue weighted by molar-refractivity contribution is 5.81. The molecule has 3 nitrogen and oxygen atoms in total. The minimum Gasteiger partial charge on any atom is -0.433 e. The van der Waals surface area contributed by atoms with E-state index in [1.54, 1.807) is 0 Å². The maximum Gasteiger partial charge on any atom is 0.332 e. The molecule has 70 valence electrons. The van der Waals surface area contributed by atoms with Crippen molar-refractivity contribution in [3.63, 3.8) is 0 Å². The van der Waals surface area contributed by atoms with Crippen molar-refractivity contribution in [1.82, 2.24) is 0 Å². The summed E-state index contributed by atoms with van der Waals surface area (Å²) in [4.78, 5) is 10.6. The van der Waals surface area contributed by atoms with Crippen LogP contribution in [0.4, 0.5) is 0 Å². The summed E-state index contributed by atoms with van der Waals surface area (Å²) in [7, 11) is 0. The molecule has 0 saturated carbocycles. The molecule has 0 amide bonds. The first kappa shape index (κ1) is 11.2. The average Bonchev–Trinajstić information content (AvgIpc) is 2.05. The summed E-state index contributed by atoms with van der Waals surface area (Å²) in [6.45, 7) is 5.30. The summed E-state index contributed by atoms with van der Waals surface area (Å²) >= 11 is 0. The number of hydrogen-bond donors (Lipinski definition) is 1. The van der Waals surface area contributed by atoms with Gasteiger partial charge in [0.15, 0.2) is 0 Å². The van der Waals surface area contributed by atoms with E-state index >= 15 is 0 Å². The van der Waals surface area contributed by atoms with Gasteiger partial charge in [0.1, 0.15) is 0 Å². The summed E-state index contributed by atoms with van der Waals surface area (Å²) in [5.74, 6) is -0.570. The number of rotatable bonds is 6. The lowest BCUT2D eigenvalue weighted by atomic mass is 10.2. The number of esters is 1. The SMILES string of the molecule is C=CC(=O)OC(O)CCCCC. The summed E-state index contributed by atoms with van der Waals surface area (Å²) in [5, 5.41) is 9.09. The highest BCUT2D eigenvalue weighted by Crippen LogP contribution is 2.04. The van der Waals surface area contributed by atoms with Crippen LogP contribution >= 0.6 is 0 Å². The van der Waals surface area contributed by atoms with Crippen LogP contribution in [0.1, 0.15) is 32.6 Å². The van der Waals surface area contributed by atoms with Crippen molar-refractivity contribution < 1.29 is 14.6 Å². The number of ether oxygens (including phenoxy) is 1. The normalized spacial score (nSPS) is 12.2. The largest absolute Gasteiger partial charge is 0.433 e. The standard InChI is InChI=1S/C9H16O3/c1-3-5-6-7-9(11)12-8(10)4-2/h4,9,11H,2-3,5-7H2,1H3. The van der Waals surface area contributed by atoms with Gasteiger partial charge in [-0.15, -0.1) is 0 Å². The van der Waals surface area contributed by atoms with Gasteiger partial charge in [0, 0.05) is 12.5 Å². The van der Waals surface area contributed by atoms with E-state index in [2.05, 4.69) is 18.2 Å². The minimum absolute atomic E-state index is 0.507. The van der Waals surface area contributed by atoms with Crippen LogP contribution in [0.2, 0.25) is 0 Å². The smallest absolute Gasteiger partial charge is 0.332 e. The quantitative estimate of drug-likeness (QED) is 0.286. The predicted octanol–water partition coefficient (Wildman–Crippen LogP) is 1.61. The van der Waals surface area contributed by atoms with Crippen molar-refractivity contribution in [2.75, 3.05) is 0 Å². The van der Waals surface area contributed by atoms with Crippen molar-refractivity contribution >= 4 is 5.97 Å². The van der Waals surface area contributed by atoms with Crippen LogP contribution < -0.4 is 0 Å². The van der Waals surface area contributed by atoms with Gasteiger partial charge in [0.2, 0.25) is 6.29 Å². The van der Waals surface area contributed by atoms with Gasteiger partial charge in [-0.25, -0.2) is 4.79 Å². The Hall–Kier alpha value is -0.830. The number of aliphatic hydroxyl groups excluding tert-OH is 1. The second-order valence-electron chi connectivity index (χ2n) is 2.59. The monoisotopic (exact) mass is 172 g/mol. The summed E-state index contributed by atoms with van der Waals surface area (Å²) in [5.41, 5.74) is 0. The van der Waals surface area contributed by atoms with E-state index in [9.17, 15) is 4.79 Å². The van der Waals surface area contributed by atoms with Crippen LogP contribution in [-0.4, -0.2) is 17.4 Å². The fraction of sp³-hybridized carbons (Fsp3) is 0.667. The molecule has 12 heavy (non-hydrogen) atoms. The first-order chi connectivity index (χ1) is 5.70. The van der Waals surface area contributed by atoms with Crippen LogP contribution in [0.25, 0.3) is 0 Å². The topological polar surface area (TPSA) is 46.5 Å². The third kappa shape index (κ3) is 5.92. The summed E-state index contributed by atoms with van der Waals surface area (Å²) in [6, 6.07) is 0. The highest BCUT2D eigenvalue weighted by atomic mass is 16.6. The van der Waals surface area contributed by atoms with Crippen LogP contribution in [0.15, 0.2) is 12.7 Å². The molecule has 0 aliphatic heterocycles. The van der Waals surface area contributed by atoms with Crippen molar-refractivity contribution in [1.29, 1.82) is 0 Å². The van der Waals surface area contributed by atoms with E-state index in [0.29, 0.717) is 6.42 Å². The van der Waals surface area contributed by atoms with Gasteiger partial charge in [-0.1, -0.05) is 26.3 Å². The molecule has 0 rings (SSSR count). The Bertz CT molecular complexity index is 143. The number of carbonyl (C=O) groups is 1. The lowest BCUT2D eigenvalue weighted by molar-refractivity contribution is -0.162. The van der Waals surface area contributed by atoms with Crippen LogP contribution in [-0.2, 0) is 9.53 Å². The van der Waals surface area contributed by atoms with Gasteiger partial charge < -0.3 is 9.84 Å². The van der Waals surface area contributed by atoms with E-state index in [4.69, 9.17) is 5.11 Å². The van der Waals surface area contributed by atoms with Gasteiger partial charge >= 0.3 is 5.97 Å². The molecular formula is C9H16O3. The molecule has 0 aliphatic carbocycles. The Morgan fingerprint density at radius 3 is 2.83 bits per heavy atom. The molecule has 0 aromatic heterocycles. The summed E-state index contributed by atoms with van der Waals surface area (Å²) in [6.07, 6.45) is 3.59. The van der Waals surface area contributed by atoms with Crippen molar-refractivity contribution in [3.05, 3.63) is 12.7 Å². The fourth-order valence-corrected chi connectivity index (χ4v) is 0.810. The Kier molecular flexibility index (Phi) is 6.38. The molecule has 3 heteroatoms. The van der Waals surface area contributed by atoms with Gasteiger partial charge in [-0.05, 0) is 6.42 Å². The molecule has 0 heterocycles. The maximum atomic E-state index is 10.6. The number of hydrogen-bond acceptors (Lipinski definition) is 3. The molecular weight excluding hydrogens is 156 g/mol. The van der Waals surface area contributed by atoms with Crippen LogP contribution in [0.5, 0.6) is 0 Å². The van der Waals surface area contributed by atoms with Gasteiger partial charge in [-0.3, -0.25) is 0 Å². The Labute approximate surface area is 73.0 Å². The lowest BCUT2D eigenvalue weighted by Gasteiger charge is -2.09. The zero-order valence-corrected chi connectivity index (χ0v) is 7.45. The molecule has 0 aromatic rings. The Morgan fingerprint density at radius 2 is 2.33 bits per heavy atom. The molecule has 0 saturated heterocycles. The molecule has 0 radical (unpaired) electrons. The minimum atomic E-state index is -0.970. The average molecular weight is 172 g/mol. The van der Waals surface area contributed by atoms with E-state index in [1.165, 1.54) is 0 Å². The molecule has 0 aliphatic rings. The fourth-order valence-electron chi connectivity index (χ4n) is 0.810. The zero-order valence-electron chi connectivity index (χ0n) is 7.45. The molecule has 0 bridgehead atoms. The maximum absolute atomic E-state index is 10.6. The molecule has 1 atom stereocenters. The third-order valence-electron chi connectivity index (χ3n) is 1.47. The van der Waals surface area contributed by atoms with Gasteiger partial charge in [-0.2, -0.15) is 0 Å². The number of carbonyl (C=O) groups excluding carboxylic acids is 1. The van der Waals surface area contributed by atoms with Crippen molar-refractivity contribution in [2.24, 2.45) is 0 Å². The van der Waals surface area contributed by atoms with E-state index in [0.717, 1.165) is 25.3 Å². The third-order valence-corrected chi connectivity index (χ3v) is 1.47. The first-order valence-corrected chi connectivity index (χ1v) is 4.21. The number of aliphatic hydroxyl groups is 1. The van der Waals surface area contributed by atoms with Gasteiger partial charge in [0.05, 0.1) is 0 Å². The van der Waals surface area contributed by atoms with Crippen LogP contribution in [0.3, 0.4) is 0 Å². The zero-order chi connectivity index (χ0) is 9.40. The molecule has 1 N–H and O–H groups in total. The number of unbranched alkanes of at least 4 members (excludes halogenated alkanes) is 2. The second kappa shape index (κ2) is 6.85. The van der Waals surface area contributed by atoms with E-state index < -0.39 is 12.3 Å². The first-order valence-electron chi connectivity index (χ1n) is 4.21. The Morgan fingerprint density at radius 1 is 1.67 bits per heavy atom. The van der Waals surface area contributed by atoms with Gasteiger partial charge in [0.25, 0.3) is 0 Å². The molecule has 1 unspecified atom stereocenters. The lowest BCUT2D eigenvalue weighted by Crippen LogP contribution is -2.15. The van der Waals surface area contributed by atoms with Crippen LogP contribution in [0, 0.1) is 0 Å². The predicted molar refractivity (Wildman–Crippen MR) is 46.4 cm³/mol. The molecule has 0 fully saturated rings. The highest BCUT2D eigenvalue weighted by Gasteiger charge is 2.06.